The number of ether oxygens (including phenoxy) is 1. The number of dihydropyridines is 1. The molecule has 0 radical (unpaired) electrons. The van der Waals surface area contributed by atoms with Gasteiger partial charge >= 0.3 is 11.9 Å². The van der Waals surface area contributed by atoms with Gasteiger partial charge in [0.25, 0.3) is 5.69 Å². The van der Waals surface area contributed by atoms with Crippen LogP contribution in [-0.2, 0) is 14.3 Å². The van der Waals surface area contributed by atoms with E-state index in [9.17, 15) is 24.8 Å². The molecule has 1 unspecified atom stereocenters. The number of carboxylic acids is 1. The molecule has 0 amide bonds. The molecule has 126 valence electrons. The summed E-state index contributed by atoms with van der Waals surface area (Å²) in [4.78, 5) is 34.1. The molecule has 0 aliphatic carbocycles. The van der Waals surface area contributed by atoms with E-state index >= 15 is 0 Å². The maximum atomic E-state index is 12.1. The molecule has 0 saturated heterocycles. The van der Waals surface area contributed by atoms with Crippen LogP contribution < -0.4 is 5.32 Å². The van der Waals surface area contributed by atoms with Crippen LogP contribution in [0.1, 0.15) is 19.4 Å². The molecule has 8 heteroatoms. The number of carbonyl (C=O) groups excluding carboxylic acids is 1. The van der Waals surface area contributed by atoms with Crippen molar-refractivity contribution in [1.82, 2.24) is 5.32 Å². The highest BCUT2D eigenvalue weighted by Crippen LogP contribution is 2.34. The van der Waals surface area contributed by atoms with Crippen LogP contribution in [0.3, 0.4) is 0 Å². The number of nitro groups is 1. The van der Waals surface area contributed by atoms with Crippen LogP contribution in [0.2, 0.25) is 0 Å². The Hall–Kier alpha value is -3.16. The van der Waals surface area contributed by atoms with E-state index in [4.69, 9.17) is 4.74 Å². The normalized spacial score (nSPS) is 20.0. The predicted octanol–water partition coefficient (Wildman–Crippen LogP) is 1.87. The van der Waals surface area contributed by atoms with Gasteiger partial charge in [0.05, 0.1) is 17.6 Å². The van der Waals surface area contributed by atoms with Crippen molar-refractivity contribution in [2.24, 2.45) is 0 Å². The Morgan fingerprint density at radius 1 is 1.38 bits per heavy atom. The third-order valence-electron chi connectivity index (χ3n) is 3.73. The topological polar surface area (TPSA) is 119 Å². The fourth-order valence-electron chi connectivity index (χ4n) is 2.55. The van der Waals surface area contributed by atoms with Crippen molar-refractivity contribution in [3.8, 4) is 0 Å². The molecule has 1 aromatic rings. The maximum absolute atomic E-state index is 12.1. The Morgan fingerprint density at radius 2 is 2.04 bits per heavy atom. The summed E-state index contributed by atoms with van der Waals surface area (Å²) in [7, 11) is 1.21. The van der Waals surface area contributed by atoms with Gasteiger partial charge in [0.15, 0.2) is 5.54 Å². The molecule has 1 aliphatic rings. The lowest BCUT2D eigenvalue weighted by Crippen LogP contribution is -2.49. The van der Waals surface area contributed by atoms with Crippen molar-refractivity contribution in [1.29, 1.82) is 0 Å². The zero-order valence-electron chi connectivity index (χ0n) is 13.3. The molecule has 0 saturated carbocycles. The van der Waals surface area contributed by atoms with E-state index in [1.165, 1.54) is 38.3 Å². The highest BCUT2D eigenvalue weighted by Gasteiger charge is 2.38. The monoisotopic (exact) mass is 332 g/mol. The second-order valence-corrected chi connectivity index (χ2v) is 5.49. The molecule has 1 aromatic carbocycles. The first kappa shape index (κ1) is 17.2. The lowest BCUT2D eigenvalue weighted by molar-refractivity contribution is -0.384. The number of carboxylic acid groups (broad SMARTS) is 1. The summed E-state index contributed by atoms with van der Waals surface area (Å²) in [6, 6.07) is 5.65. The van der Waals surface area contributed by atoms with E-state index in [2.05, 4.69) is 5.32 Å². The number of nitrogens with one attached hydrogen (secondary N) is 1. The molecular formula is C16H16N2O6. The van der Waals surface area contributed by atoms with Crippen LogP contribution >= 0.6 is 0 Å². The van der Waals surface area contributed by atoms with Crippen LogP contribution in [0, 0.1) is 10.1 Å². The lowest BCUT2D eigenvalue weighted by atomic mass is 9.85. The number of non-ortho nitro benzene ring substituents is 1. The van der Waals surface area contributed by atoms with Gasteiger partial charge in [-0.3, -0.25) is 10.1 Å². The van der Waals surface area contributed by atoms with Gasteiger partial charge in [-0.05, 0) is 31.1 Å². The van der Waals surface area contributed by atoms with Crippen molar-refractivity contribution in [3.63, 3.8) is 0 Å². The van der Waals surface area contributed by atoms with E-state index in [0.29, 0.717) is 11.3 Å². The quantitative estimate of drug-likeness (QED) is 0.491. The largest absolute Gasteiger partial charge is 0.479 e. The van der Waals surface area contributed by atoms with E-state index in [-0.39, 0.29) is 16.8 Å². The molecule has 2 N–H and O–H groups in total. The molecule has 0 bridgehead atoms. The van der Waals surface area contributed by atoms with Gasteiger partial charge in [0, 0.05) is 17.8 Å². The van der Waals surface area contributed by atoms with E-state index < -0.39 is 22.4 Å². The summed E-state index contributed by atoms with van der Waals surface area (Å²) in [6.07, 6.45) is 1.35. The number of nitro benzene ring substituents is 1. The SMILES string of the molecule is COC(=O)C1=C(C)NC(C)(C(=O)O)C=C1c1cccc([N+](=O)[O-])c1. The summed E-state index contributed by atoms with van der Waals surface area (Å²) < 4.78 is 4.76. The number of nitrogens with zero attached hydrogens (tertiary/aromatic N) is 1. The molecule has 0 spiro atoms. The van der Waals surface area contributed by atoms with Gasteiger partial charge in [-0.1, -0.05) is 12.1 Å². The van der Waals surface area contributed by atoms with Crippen LogP contribution in [0.4, 0.5) is 5.69 Å². The first-order valence-corrected chi connectivity index (χ1v) is 6.98. The van der Waals surface area contributed by atoms with Crippen LogP contribution in [-0.4, -0.2) is 34.6 Å². The van der Waals surface area contributed by atoms with Crippen molar-refractivity contribution in [2.75, 3.05) is 7.11 Å². The molecule has 1 aliphatic heterocycles. The molecular weight excluding hydrogens is 316 g/mol. The van der Waals surface area contributed by atoms with Crippen molar-refractivity contribution in [2.45, 2.75) is 19.4 Å². The first-order chi connectivity index (χ1) is 11.2. The second-order valence-electron chi connectivity index (χ2n) is 5.49. The van der Waals surface area contributed by atoms with Gasteiger partial charge in [0.2, 0.25) is 0 Å². The predicted molar refractivity (Wildman–Crippen MR) is 85.0 cm³/mol. The van der Waals surface area contributed by atoms with E-state index in [1.54, 1.807) is 13.0 Å². The van der Waals surface area contributed by atoms with Gasteiger partial charge in [-0.15, -0.1) is 0 Å². The summed E-state index contributed by atoms with van der Waals surface area (Å²) >= 11 is 0. The molecule has 1 atom stereocenters. The average molecular weight is 332 g/mol. The van der Waals surface area contributed by atoms with Crippen molar-refractivity contribution in [3.05, 3.63) is 57.3 Å². The molecule has 2 rings (SSSR count). The summed E-state index contributed by atoms with van der Waals surface area (Å²) in [6.45, 7) is 2.99. The molecule has 24 heavy (non-hydrogen) atoms. The molecule has 0 fully saturated rings. The fourth-order valence-corrected chi connectivity index (χ4v) is 2.55. The number of esters is 1. The number of hydrogen-bond donors (Lipinski definition) is 2. The number of aliphatic carboxylic acids is 1. The summed E-state index contributed by atoms with van der Waals surface area (Å²) in [5, 5.41) is 23.2. The Bertz CT molecular complexity index is 796. The van der Waals surface area contributed by atoms with Crippen LogP contribution in [0.15, 0.2) is 41.6 Å². The van der Waals surface area contributed by atoms with Gasteiger partial charge < -0.3 is 15.2 Å². The van der Waals surface area contributed by atoms with Gasteiger partial charge in [-0.25, -0.2) is 9.59 Å². The van der Waals surface area contributed by atoms with Gasteiger partial charge in [-0.2, -0.15) is 0 Å². The number of hydrogen-bond acceptors (Lipinski definition) is 6. The zero-order valence-corrected chi connectivity index (χ0v) is 13.3. The number of allylic oxidation sites excluding steroid dienone is 1. The minimum absolute atomic E-state index is 0.136. The number of rotatable bonds is 4. The number of methoxy groups -OCH3 is 1. The lowest BCUT2D eigenvalue weighted by Gasteiger charge is -2.32. The smallest absolute Gasteiger partial charge is 0.340 e. The standard InChI is InChI=1S/C16H16N2O6/c1-9-13(14(19)24-3)12(8-16(2,17-9)15(20)21)10-5-4-6-11(7-10)18(22)23/h4-8,17H,1-3H3,(H,20,21). The second kappa shape index (κ2) is 6.15. The third kappa shape index (κ3) is 2.98. The Labute approximate surface area is 137 Å². The zero-order chi connectivity index (χ0) is 18.1. The Kier molecular flexibility index (Phi) is 4.41. The molecule has 8 nitrogen and oxygen atoms in total. The Balaban J connectivity index is 2.69. The average Bonchev–Trinajstić information content (AvgIpc) is 2.53. The highest BCUT2D eigenvalue weighted by molar-refractivity contribution is 6.09. The van der Waals surface area contributed by atoms with Crippen LogP contribution in [0.25, 0.3) is 5.57 Å². The highest BCUT2D eigenvalue weighted by atomic mass is 16.6. The molecule has 1 heterocycles. The van der Waals surface area contributed by atoms with E-state index in [1.807, 2.05) is 0 Å². The first-order valence-electron chi connectivity index (χ1n) is 6.98. The molecule has 0 aromatic heterocycles. The van der Waals surface area contributed by atoms with Crippen molar-refractivity contribution < 1.29 is 24.4 Å². The summed E-state index contributed by atoms with van der Waals surface area (Å²) in [5.74, 6) is -1.81. The Morgan fingerprint density at radius 3 is 2.58 bits per heavy atom. The fraction of sp³-hybridized carbons (Fsp3) is 0.250. The van der Waals surface area contributed by atoms with Crippen molar-refractivity contribution >= 4 is 23.2 Å². The minimum Gasteiger partial charge on any atom is -0.479 e. The summed E-state index contributed by atoms with van der Waals surface area (Å²) in [5.41, 5.74) is -0.537. The number of carbonyl (C=O) groups is 2. The maximum Gasteiger partial charge on any atom is 0.340 e. The third-order valence-corrected chi connectivity index (χ3v) is 3.73. The number of benzene rings is 1. The van der Waals surface area contributed by atoms with E-state index in [0.717, 1.165) is 0 Å². The van der Waals surface area contributed by atoms with Gasteiger partial charge in [0.1, 0.15) is 0 Å². The minimum atomic E-state index is -1.46. The van der Waals surface area contributed by atoms with Crippen LogP contribution in [0.5, 0.6) is 0 Å².